The second-order valence-electron chi connectivity index (χ2n) is 7.22. The summed E-state index contributed by atoms with van der Waals surface area (Å²) in [6.07, 6.45) is 1.90. The Labute approximate surface area is 115 Å². The van der Waals surface area contributed by atoms with Crippen LogP contribution in [0.5, 0.6) is 0 Å². The third-order valence-electron chi connectivity index (χ3n) is 6.75. The zero-order valence-electron chi connectivity index (χ0n) is 12.2. The quantitative estimate of drug-likeness (QED) is 0.660. The van der Waals surface area contributed by atoms with E-state index in [4.69, 9.17) is 4.74 Å². The van der Waals surface area contributed by atoms with Crippen LogP contribution in [-0.2, 0) is 4.74 Å². The summed E-state index contributed by atoms with van der Waals surface area (Å²) >= 11 is 0. The molecule has 3 aliphatic rings. The Morgan fingerprint density at radius 3 is 2.47 bits per heavy atom. The standard InChI is InChI=1S/C16H26O3/c1-9-5-6-13(17)12-7-16(14(18)15(9,12)4)10(2)8-19-11(16)3/h9,11-14,17-18H,2,5-8H2,1,3-4H3/t9?,11-,12?,13?,14?,15?,16?/m1/s1. The van der Waals surface area contributed by atoms with E-state index >= 15 is 0 Å². The smallest absolute Gasteiger partial charge is 0.0718 e. The van der Waals surface area contributed by atoms with E-state index in [1.54, 1.807) is 0 Å². The number of aliphatic hydroxyl groups excluding tert-OH is 2. The Hall–Kier alpha value is -0.380. The molecular formula is C16H26O3. The number of fused-ring (bicyclic) bond motifs is 1. The predicted molar refractivity (Wildman–Crippen MR) is 73.6 cm³/mol. The van der Waals surface area contributed by atoms with Crippen LogP contribution in [0.1, 0.15) is 40.0 Å². The Bertz CT molecular complexity index is 407. The molecule has 7 atom stereocenters. The normalized spacial score (nSPS) is 57.7. The Balaban J connectivity index is 2.07. The maximum Gasteiger partial charge on any atom is 0.0718 e. The van der Waals surface area contributed by atoms with Gasteiger partial charge >= 0.3 is 0 Å². The molecule has 6 unspecified atom stereocenters. The molecular weight excluding hydrogens is 240 g/mol. The zero-order chi connectivity index (χ0) is 14.0. The minimum Gasteiger partial charge on any atom is -0.393 e. The predicted octanol–water partition coefficient (Wildman–Crippen LogP) is 2.13. The highest BCUT2D eigenvalue weighted by molar-refractivity contribution is 5.28. The topological polar surface area (TPSA) is 49.7 Å². The highest BCUT2D eigenvalue weighted by Crippen LogP contribution is 2.65. The molecule has 3 heteroatoms. The number of hydrogen-bond donors (Lipinski definition) is 2. The molecule has 0 aromatic carbocycles. The minimum absolute atomic E-state index is 0.00294. The van der Waals surface area contributed by atoms with E-state index in [1.165, 1.54) is 0 Å². The van der Waals surface area contributed by atoms with Crippen LogP contribution in [0.25, 0.3) is 0 Å². The van der Waals surface area contributed by atoms with Gasteiger partial charge in [-0.1, -0.05) is 20.4 Å². The lowest BCUT2D eigenvalue weighted by molar-refractivity contribution is -0.101. The van der Waals surface area contributed by atoms with Crippen LogP contribution in [0.3, 0.4) is 0 Å². The molecule has 3 fully saturated rings. The van der Waals surface area contributed by atoms with Crippen molar-refractivity contribution in [1.82, 2.24) is 0 Å². The Kier molecular flexibility index (Phi) is 2.91. The summed E-state index contributed by atoms with van der Waals surface area (Å²) in [7, 11) is 0. The first-order valence-electron chi connectivity index (χ1n) is 7.51. The summed E-state index contributed by atoms with van der Waals surface area (Å²) in [5, 5.41) is 21.5. The van der Waals surface area contributed by atoms with Crippen LogP contribution in [0.4, 0.5) is 0 Å². The van der Waals surface area contributed by atoms with Gasteiger partial charge in [0.2, 0.25) is 0 Å². The minimum atomic E-state index is -0.458. The van der Waals surface area contributed by atoms with Crippen molar-refractivity contribution < 1.29 is 14.9 Å². The number of ether oxygens (including phenoxy) is 1. The summed E-state index contributed by atoms with van der Waals surface area (Å²) in [4.78, 5) is 0. The molecule has 3 rings (SSSR count). The van der Waals surface area contributed by atoms with Gasteiger partial charge in [-0.3, -0.25) is 0 Å². The van der Waals surface area contributed by atoms with Gasteiger partial charge in [-0.25, -0.2) is 0 Å². The van der Waals surface area contributed by atoms with E-state index in [-0.39, 0.29) is 29.0 Å². The second-order valence-corrected chi connectivity index (χ2v) is 7.22. The van der Waals surface area contributed by atoms with Crippen molar-refractivity contribution in [3.63, 3.8) is 0 Å². The number of hydrogen-bond acceptors (Lipinski definition) is 3. The summed E-state index contributed by atoms with van der Waals surface area (Å²) < 4.78 is 5.75. The lowest BCUT2D eigenvalue weighted by Crippen LogP contribution is -2.50. The second kappa shape index (κ2) is 4.06. The van der Waals surface area contributed by atoms with Crippen LogP contribution in [0.2, 0.25) is 0 Å². The van der Waals surface area contributed by atoms with Crippen LogP contribution in [0.15, 0.2) is 12.2 Å². The van der Waals surface area contributed by atoms with Crippen LogP contribution in [-0.4, -0.2) is 35.1 Å². The summed E-state index contributed by atoms with van der Waals surface area (Å²) in [5.41, 5.74) is 0.448. The average Bonchev–Trinajstić information content (AvgIpc) is 2.80. The van der Waals surface area contributed by atoms with E-state index in [1.807, 2.05) is 6.92 Å². The summed E-state index contributed by atoms with van der Waals surface area (Å²) in [6, 6.07) is 0. The highest BCUT2D eigenvalue weighted by Gasteiger charge is 2.67. The number of aliphatic hydroxyl groups is 2. The molecule has 2 saturated carbocycles. The third kappa shape index (κ3) is 1.44. The van der Waals surface area contributed by atoms with E-state index < -0.39 is 6.10 Å². The lowest BCUT2D eigenvalue weighted by Gasteiger charge is -2.47. The molecule has 1 saturated heterocycles. The monoisotopic (exact) mass is 266 g/mol. The van der Waals surface area contributed by atoms with Gasteiger partial charge in [0.15, 0.2) is 0 Å². The van der Waals surface area contributed by atoms with E-state index in [0.717, 1.165) is 24.8 Å². The van der Waals surface area contributed by atoms with Crippen molar-refractivity contribution in [2.24, 2.45) is 22.7 Å². The van der Waals surface area contributed by atoms with E-state index in [2.05, 4.69) is 20.4 Å². The molecule has 0 amide bonds. The maximum absolute atomic E-state index is 11.1. The lowest BCUT2D eigenvalue weighted by atomic mass is 9.60. The van der Waals surface area contributed by atoms with Crippen molar-refractivity contribution in [2.75, 3.05) is 6.61 Å². The molecule has 1 spiro atoms. The first kappa shape index (κ1) is 13.6. The van der Waals surface area contributed by atoms with Gasteiger partial charge in [-0.05, 0) is 43.6 Å². The molecule has 3 nitrogen and oxygen atoms in total. The van der Waals surface area contributed by atoms with Gasteiger partial charge in [0, 0.05) is 10.8 Å². The Morgan fingerprint density at radius 2 is 1.95 bits per heavy atom. The first-order valence-corrected chi connectivity index (χ1v) is 7.51. The van der Waals surface area contributed by atoms with Crippen molar-refractivity contribution in [1.29, 1.82) is 0 Å². The van der Waals surface area contributed by atoms with E-state index in [9.17, 15) is 10.2 Å². The molecule has 0 radical (unpaired) electrons. The van der Waals surface area contributed by atoms with Gasteiger partial charge in [-0.2, -0.15) is 0 Å². The van der Waals surface area contributed by atoms with Gasteiger partial charge in [0.25, 0.3) is 0 Å². The zero-order valence-corrected chi connectivity index (χ0v) is 12.2. The number of rotatable bonds is 0. The summed E-state index contributed by atoms with van der Waals surface area (Å²) in [6.45, 7) is 11.1. The van der Waals surface area contributed by atoms with Gasteiger partial charge in [0.1, 0.15) is 0 Å². The van der Waals surface area contributed by atoms with Gasteiger partial charge < -0.3 is 14.9 Å². The van der Waals surface area contributed by atoms with Crippen LogP contribution < -0.4 is 0 Å². The largest absolute Gasteiger partial charge is 0.393 e. The first-order chi connectivity index (χ1) is 8.85. The Morgan fingerprint density at radius 1 is 1.26 bits per heavy atom. The molecule has 1 aliphatic heterocycles. The van der Waals surface area contributed by atoms with Gasteiger partial charge in [-0.15, -0.1) is 0 Å². The fraction of sp³-hybridized carbons (Fsp3) is 0.875. The molecule has 108 valence electrons. The third-order valence-corrected chi connectivity index (χ3v) is 6.75. The molecule has 0 aromatic rings. The molecule has 0 bridgehead atoms. The highest BCUT2D eigenvalue weighted by atomic mass is 16.5. The fourth-order valence-electron chi connectivity index (χ4n) is 5.09. The van der Waals surface area contributed by atoms with Crippen LogP contribution in [0, 0.1) is 22.7 Å². The fourth-order valence-corrected chi connectivity index (χ4v) is 5.09. The molecule has 2 aliphatic carbocycles. The molecule has 1 heterocycles. The summed E-state index contributed by atoms with van der Waals surface area (Å²) in [5.74, 6) is 0.586. The van der Waals surface area contributed by atoms with Crippen molar-refractivity contribution in [2.45, 2.75) is 58.3 Å². The average molecular weight is 266 g/mol. The van der Waals surface area contributed by atoms with Gasteiger partial charge in [0.05, 0.1) is 24.9 Å². The van der Waals surface area contributed by atoms with Crippen molar-refractivity contribution >= 4 is 0 Å². The van der Waals surface area contributed by atoms with E-state index in [0.29, 0.717) is 12.5 Å². The molecule has 2 N–H and O–H groups in total. The molecule has 19 heavy (non-hydrogen) atoms. The van der Waals surface area contributed by atoms with Crippen molar-refractivity contribution in [3.8, 4) is 0 Å². The van der Waals surface area contributed by atoms with Crippen molar-refractivity contribution in [3.05, 3.63) is 12.2 Å². The molecule has 0 aromatic heterocycles. The van der Waals surface area contributed by atoms with Crippen LogP contribution >= 0.6 is 0 Å². The maximum atomic E-state index is 11.1. The SMILES string of the molecule is C=C1CO[C@H](C)C12CC1C(O)CCC(C)C1(C)C2O.